The van der Waals surface area contributed by atoms with Crippen LogP contribution >= 0.6 is 15.9 Å². The topological polar surface area (TPSA) is 24.1 Å². The number of hydrogen-bond acceptors (Lipinski definition) is 2. The van der Waals surface area contributed by atoms with E-state index in [4.69, 9.17) is 0 Å². The highest BCUT2D eigenvalue weighted by molar-refractivity contribution is 9.10. The lowest BCUT2D eigenvalue weighted by Crippen LogP contribution is -2.48. The molecule has 3 heteroatoms. The number of rotatable bonds is 3. The Kier molecular flexibility index (Phi) is 5.23. The van der Waals surface area contributed by atoms with E-state index in [2.05, 4.69) is 51.7 Å². The Morgan fingerprint density at radius 2 is 1.90 bits per heavy atom. The summed E-state index contributed by atoms with van der Waals surface area (Å²) in [6, 6.07) is 7.86. The predicted molar refractivity (Wildman–Crippen MR) is 93.9 cm³/mol. The van der Waals surface area contributed by atoms with Crippen LogP contribution in [0.3, 0.4) is 0 Å². The molecule has 21 heavy (non-hydrogen) atoms. The predicted octanol–water partition coefficient (Wildman–Crippen LogP) is 4.87. The van der Waals surface area contributed by atoms with Crippen LogP contribution in [-0.2, 0) is 0 Å². The van der Waals surface area contributed by atoms with Crippen LogP contribution in [0, 0.1) is 12.8 Å². The van der Waals surface area contributed by atoms with E-state index in [-0.39, 0.29) is 0 Å². The third-order valence-corrected chi connectivity index (χ3v) is 6.27. The minimum Gasteiger partial charge on any atom is -0.381 e. The molecular weight excluding hydrogens is 324 g/mol. The first-order valence-corrected chi connectivity index (χ1v) is 9.30. The van der Waals surface area contributed by atoms with Gasteiger partial charge in [-0.3, -0.25) is 0 Å². The zero-order valence-corrected chi connectivity index (χ0v) is 14.6. The average Bonchev–Trinajstić information content (AvgIpc) is 2.53. The Bertz CT molecular complexity index is 468. The molecular formula is C18H27BrN2. The Morgan fingerprint density at radius 3 is 2.71 bits per heavy atom. The van der Waals surface area contributed by atoms with Gasteiger partial charge in [-0.2, -0.15) is 0 Å². The van der Waals surface area contributed by atoms with Crippen molar-refractivity contribution in [3.8, 4) is 0 Å². The van der Waals surface area contributed by atoms with Gasteiger partial charge in [-0.05, 0) is 72.6 Å². The van der Waals surface area contributed by atoms with Crippen molar-refractivity contribution < 1.29 is 0 Å². The van der Waals surface area contributed by atoms with E-state index in [0.717, 1.165) is 12.0 Å². The first-order chi connectivity index (χ1) is 10.3. The van der Waals surface area contributed by atoms with Gasteiger partial charge in [0, 0.05) is 22.2 Å². The highest BCUT2D eigenvalue weighted by atomic mass is 79.9. The Hall–Kier alpha value is -0.540. The van der Waals surface area contributed by atoms with Gasteiger partial charge in [-0.1, -0.05) is 31.4 Å². The highest BCUT2D eigenvalue weighted by Crippen LogP contribution is 2.34. The molecule has 1 aromatic rings. The Balaban J connectivity index is 1.73. The maximum Gasteiger partial charge on any atom is 0.0489 e. The molecule has 2 aliphatic rings. The summed E-state index contributed by atoms with van der Waals surface area (Å²) in [5.74, 6) is 0.784. The summed E-state index contributed by atoms with van der Waals surface area (Å²) < 4.78 is 1.23. The fourth-order valence-corrected chi connectivity index (χ4v) is 4.40. The molecule has 3 rings (SSSR count). The quantitative estimate of drug-likeness (QED) is 0.812. The summed E-state index contributed by atoms with van der Waals surface area (Å²) >= 11 is 3.74. The van der Waals surface area contributed by atoms with Crippen LogP contribution in [0.15, 0.2) is 22.7 Å². The third-order valence-electron chi connectivity index (χ3n) is 5.22. The van der Waals surface area contributed by atoms with Crippen molar-refractivity contribution in [1.82, 2.24) is 5.32 Å². The first kappa shape index (κ1) is 15.4. The largest absolute Gasteiger partial charge is 0.381 e. The van der Waals surface area contributed by atoms with E-state index in [1.807, 2.05) is 0 Å². The van der Waals surface area contributed by atoms with Crippen LogP contribution in [0.5, 0.6) is 0 Å². The Labute approximate surface area is 137 Å². The second-order valence-corrected chi connectivity index (χ2v) is 7.48. The standard InChI is InChI=1S/C18H27BrN2/c1-13-7-6-11-17(18(13)19)21-16-10-3-2-8-14(16)15-9-4-5-12-20-15/h6-7,11,14-16,20-21H,2-5,8-10,12H2,1H3. The number of anilines is 1. The van der Waals surface area contributed by atoms with E-state index in [1.165, 1.54) is 67.2 Å². The first-order valence-electron chi connectivity index (χ1n) is 8.51. The van der Waals surface area contributed by atoms with Crippen LogP contribution in [0.25, 0.3) is 0 Å². The number of hydrogen-bond donors (Lipinski definition) is 2. The van der Waals surface area contributed by atoms with Crippen molar-refractivity contribution in [1.29, 1.82) is 0 Å². The molecule has 0 aromatic heterocycles. The van der Waals surface area contributed by atoms with Crippen molar-refractivity contribution in [2.24, 2.45) is 5.92 Å². The Morgan fingerprint density at radius 1 is 1.10 bits per heavy atom. The third kappa shape index (κ3) is 3.62. The van der Waals surface area contributed by atoms with E-state index in [9.17, 15) is 0 Å². The monoisotopic (exact) mass is 350 g/mol. The molecule has 116 valence electrons. The fourth-order valence-electron chi connectivity index (χ4n) is 4.02. The molecule has 0 amide bonds. The summed E-state index contributed by atoms with van der Waals surface area (Å²) in [6.07, 6.45) is 9.56. The number of benzene rings is 1. The lowest BCUT2D eigenvalue weighted by molar-refractivity contribution is 0.217. The van der Waals surface area contributed by atoms with Crippen molar-refractivity contribution in [3.63, 3.8) is 0 Å². The van der Waals surface area contributed by atoms with Gasteiger partial charge in [0.1, 0.15) is 0 Å². The molecule has 0 radical (unpaired) electrons. The van der Waals surface area contributed by atoms with Gasteiger partial charge in [-0.15, -0.1) is 0 Å². The molecule has 1 aromatic carbocycles. The maximum absolute atomic E-state index is 3.85. The van der Waals surface area contributed by atoms with Crippen molar-refractivity contribution in [2.45, 2.75) is 64.0 Å². The highest BCUT2D eigenvalue weighted by Gasteiger charge is 2.32. The summed E-state index contributed by atoms with van der Waals surface area (Å²) in [5, 5.41) is 7.63. The minimum atomic E-state index is 0.618. The molecule has 0 bridgehead atoms. The van der Waals surface area contributed by atoms with Gasteiger partial charge in [0.05, 0.1) is 0 Å². The zero-order valence-electron chi connectivity index (χ0n) is 13.0. The summed E-state index contributed by atoms with van der Waals surface area (Å²) in [4.78, 5) is 0. The summed E-state index contributed by atoms with van der Waals surface area (Å²) in [5.41, 5.74) is 2.57. The van der Waals surface area contributed by atoms with Gasteiger partial charge in [0.15, 0.2) is 0 Å². The lowest BCUT2D eigenvalue weighted by Gasteiger charge is -2.40. The molecule has 3 unspecified atom stereocenters. The fraction of sp³-hybridized carbons (Fsp3) is 0.667. The molecule has 2 fully saturated rings. The van der Waals surface area contributed by atoms with Crippen LogP contribution in [-0.4, -0.2) is 18.6 Å². The molecule has 1 saturated heterocycles. The molecule has 0 spiro atoms. The molecule has 1 heterocycles. The van der Waals surface area contributed by atoms with Crippen molar-refractivity contribution >= 4 is 21.6 Å². The maximum atomic E-state index is 3.85. The van der Waals surface area contributed by atoms with Crippen LogP contribution in [0.4, 0.5) is 5.69 Å². The lowest BCUT2D eigenvalue weighted by atomic mass is 9.77. The normalized spacial score (nSPS) is 30.1. The SMILES string of the molecule is Cc1cccc(NC2CCCCC2C2CCCCN2)c1Br. The van der Waals surface area contributed by atoms with Crippen LogP contribution < -0.4 is 10.6 Å². The number of aryl methyl sites for hydroxylation is 1. The molecule has 2 nitrogen and oxygen atoms in total. The zero-order chi connectivity index (χ0) is 14.7. The minimum absolute atomic E-state index is 0.618. The van der Waals surface area contributed by atoms with Gasteiger partial charge in [0.25, 0.3) is 0 Å². The summed E-state index contributed by atoms with van der Waals surface area (Å²) in [7, 11) is 0. The van der Waals surface area contributed by atoms with E-state index >= 15 is 0 Å². The molecule has 1 aliphatic heterocycles. The van der Waals surface area contributed by atoms with E-state index in [0.29, 0.717) is 6.04 Å². The molecule has 3 atom stereocenters. The average molecular weight is 351 g/mol. The molecule has 1 aliphatic carbocycles. The second-order valence-electron chi connectivity index (χ2n) is 6.69. The van der Waals surface area contributed by atoms with Gasteiger partial charge < -0.3 is 10.6 Å². The van der Waals surface area contributed by atoms with Gasteiger partial charge in [-0.25, -0.2) is 0 Å². The molecule has 1 saturated carbocycles. The van der Waals surface area contributed by atoms with Gasteiger partial charge >= 0.3 is 0 Å². The number of piperidine rings is 1. The number of halogens is 1. The van der Waals surface area contributed by atoms with Crippen molar-refractivity contribution in [2.75, 3.05) is 11.9 Å². The van der Waals surface area contributed by atoms with Crippen LogP contribution in [0.2, 0.25) is 0 Å². The van der Waals surface area contributed by atoms with E-state index < -0.39 is 0 Å². The number of nitrogens with one attached hydrogen (secondary N) is 2. The van der Waals surface area contributed by atoms with E-state index in [1.54, 1.807) is 0 Å². The summed E-state index contributed by atoms with van der Waals surface area (Å²) in [6.45, 7) is 3.37. The van der Waals surface area contributed by atoms with Crippen molar-refractivity contribution in [3.05, 3.63) is 28.2 Å². The van der Waals surface area contributed by atoms with Gasteiger partial charge in [0.2, 0.25) is 0 Å². The molecule has 2 N–H and O–H groups in total. The smallest absolute Gasteiger partial charge is 0.0489 e. The van der Waals surface area contributed by atoms with Crippen LogP contribution in [0.1, 0.15) is 50.5 Å². The second kappa shape index (κ2) is 7.15.